The average molecular weight is 1250 g/mol. The molecule has 4 aliphatic rings. The summed E-state index contributed by atoms with van der Waals surface area (Å²) < 4.78 is 14.2. The van der Waals surface area contributed by atoms with Crippen molar-refractivity contribution < 1.29 is 9.47 Å². The van der Waals surface area contributed by atoms with E-state index in [0.717, 1.165) is 112 Å². The normalized spacial score (nSPS) is 13.4. The monoisotopic (exact) mass is 1250 g/mol. The van der Waals surface area contributed by atoms with Crippen LogP contribution in [0.2, 0.25) is 0 Å². The predicted molar refractivity (Wildman–Crippen MR) is 389 cm³/mol. The first kappa shape index (κ1) is 55.4. The Bertz CT molecular complexity index is 5880. The van der Waals surface area contributed by atoms with Crippen LogP contribution in [0.25, 0.3) is 124 Å². The maximum atomic E-state index is 7.32. The van der Waals surface area contributed by atoms with E-state index >= 15 is 0 Å². The first-order chi connectivity index (χ1) is 48.5. The summed E-state index contributed by atoms with van der Waals surface area (Å²) in [6.07, 6.45) is 0. The molecule has 20 rings (SSSR count). The number of hydrogen-bond donors (Lipinski definition) is 0. The molecule has 8 nitrogen and oxygen atoms in total. The van der Waals surface area contributed by atoms with Gasteiger partial charge in [0.1, 0.15) is 23.0 Å². The maximum Gasteiger partial charge on any atom is 0.164 e. The second-order valence-corrected chi connectivity index (χ2v) is 25.5. The summed E-state index contributed by atoms with van der Waals surface area (Å²) in [6, 6.07) is 116. The van der Waals surface area contributed by atoms with E-state index in [4.69, 9.17) is 39.4 Å². The minimum Gasteiger partial charge on any atom is -0.457 e. The Morgan fingerprint density at radius 1 is 0.173 bits per heavy atom. The SMILES string of the molecule is c1ccc(-c2nc(-c3ccc4c(c3)C3(c5ccc(-c6ccc(-c7nc(-c8ccccc8)nc(-c8ccc9c(c8)C8(c%10ccccc%10O9)c9ccccc9-c9ccccc98)n7)c(-c7ccccc7)c6)cc5O4)c4ccccc4-c4ccccc43)nc(-c3ccc4ccccc4c3)n2)cc1. The molecule has 2 aromatic heterocycles. The number of benzene rings is 14. The zero-order valence-corrected chi connectivity index (χ0v) is 52.7. The van der Waals surface area contributed by atoms with E-state index in [9.17, 15) is 0 Å². The zero-order chi connectivity index (χ0) is 64.5. The van der Waals surface area contributed by atoms with Gasteiger partial charge < -0.3 is 9.47 Å². The number of ether oxygens (including phenoxy) is 2. The fourth-order valence-electron chi connectivity index (χ4n) is 16.0. The third-order valence-corrected chi connectivity index (χ3v) is 20.3. The molecule has 2 spiro atoms. The number of rotatable bonds is 8. The third-order valence-electron chi connectivity index (χ3n) is 20.3. The number of hydrogen-bond acceptors (Lipinski definition) is 8. The van der Waals surface area contributed by atoms with Gasteiger partial charge in [0.05, 0.1) is 10.8 Å². The van der Waals surface area contributed by atoms with Crippen LogP contribution in [0.5, 0.6) is 23.0 Å². The third kappa shape index (κ3) is 8.37. The molecular formula is C90H54N6O2. The van der Waals surface area contributed by atoms with Crippen molar-refractivity contribution >= 4 is 10.8 Å². The highest BCUT2D eigenvalue weighted by Crippen LogP contribution is 2.64. The van der Waals surface area contributed by atoms with Gasteiger partial charge in [0.25, 0.3) is 0 Å². The van der Waals surface area contributed by atoms with Crippen molar-refractivity contribution in [3.05, 3.63) is 372 Å². The van der Waals surface area contributed by atoms with Gasteiger partial charge in [0.2, 0.25) is 0 Å². The Labute approximate surface area is 565 Å². The molecule has 8 heteroatoms. The summed E-state index contributed by atoms with van der Waals surface area (Å²) in [6.45, 7) is 0. The van der Waals surface area contributed by atoms with Gasteiger partial charge in [-0.3, -0.25) is 0 Å². The van der Waals surface area contributed by atoms with Gasteiger partial charge in [0.15, 0.2) is 34.9 Å². The van der Waals surface area contributed by atoms with Crippen molar-refractivity contribution in [3.8, 4) is 136 Å². The van der Waals surface area contributed by atoms with Gasteiger partial charge in [-0.2, -0.15) is 0 Å². The van der Waals surface area contributed by atoms with E-state index < -0.39 is 10.8 Å². The Morgan fingerprint density at radius 2 is 0.531 bits per heavy atom. The fraction of sp³-hybridized carbons (Fsp3) is 0.0222. The molecule has 14 aromatic carbocycles. The smallest absolute Gasteiger partial charge is 0.164 e. The highest BCUT2D eigenvalue weighted by molar-refractivity contribution is 5.93. The lowest BCUT2D eigenvalue weighted by Gasteiger charge is -2.39. The van der Waals surface area contributed by atoms with Crippen molar-refractivity contribution in [2.24, 2.45) is 0 Å². The summed E-state index contributed by atoms with van der Waals surface area (Å²) in [5.74, 6) is 6.58. The van der Waals surface area contributed by atoms with Crippen LogP contribution in [0.15, 0.2) is 328 Å². The topological polar surface area (TPSA) is 95.8 Å². The predicted octanol–water partition coefficient (Wildman–Crippen LogP) is 21.5. The molecule has 0 unspecified atom stereocenters. The van der Waals surface area contributed by atoms with Crippen molar-refractivity contribution in [2.45, 2.75) is 10.8 Å². The van der Waals surface area contributed by atoms with Crippen LogP contribution in [0.3, 0.4) is 0 Å². The number of aromatic nitrogens is 6. The van der Waals surface area contributed by atoms with Gasteiger partial charge in [-0.05, 0) is 144 Å². The Balaban J connectivity index is 0.735. The molecule has 0 bridgehead atoms. The Hall–Kier alpha value is -13.0. The Kier molecular flexibility index (Phi) is 12.3. The summed E-state index contributed by atoms with van der Waals surface area (Å²) in [5, 5.41) is 2.27. The van der Waals surface area contributed by atoms with Gasteiger partial charge >= 0.3 is 0 Å². The molecule has 2 aliphatic carbocycles. The zero-order valence-electron chi connectivity index (χ0n) is 52.7. The van der Waals surface area contributed by atoms with Crippen molar-refractivity contribution in [1.29, 1.82) is 0 Å². The molecule has 16 aromatic rings. The number of nitrogens with zero attached hydrogens (tertiary/aromatic N) is 6. The number of fused-ring (bicyclic) bond motifs is 19. The highest BCUT2D eigenvalue weighted by atomic mass is 16.5. The minimum absolute atomic E-state index is 0.549. The lowest BCUT2D eigenvalue weighted by Crippen LogP contribution is -2.32. The van der Waals surface area contributed by atoms with Crippen molar-refractivity contribution in [1.82, 2.24) is 29.9 Å². The van der Waals surface area contributed by atoms with Gasteiger partial charge in [-0.25, -0.2) is 29.9 Å². The van der Waals surface area contributed by atoms with Gasteiger partial charge in [-0.1, -0.05) is 261 Å². The summed E-state index contributed by atoms with van der Waals surface area (Å²) >= 11 is 0. The molecular weight excluding hydrogens is 1200 g/mol. The van der Waals surface area contributed by atoms with Crippen LogP contribution >= 0.6 is 0 Å². The standard InChI is InChI=1S/C90H54N6O2/c1-4-23-56(24-5-1)70-51-60(42-46-69(70)88-95-84(58-27-8-3-9-28-58)93-87(96-88)64-44-48-80-77(53-64)89(75-38-20-21-39-79(75)97-80)71-34-16-12-30-65(71)66-31-13-17-35-72(66)89)61-43-47-76-82(54-61)98-81-49-45-63(52-78(81)90(76)73-36-18-14-32-67(73)68-33-15-19-37-74(68)90)86-92-83(57-25-6-2-7-26-57)91-85(94-86)62-41-40-55-22-10-11-29-59(55)50-62/h1-54H. The molecule has 0 fully saturated rings. The number of para-hydroxylation sites is 1. The second-order valence-electron chi connectivity index (χ2n) is 25.5. The molecule has 0 atom stereocenters. The largest absolute Gasteiger partial charge is 0.457 e. The second kappa shape index (κ2) is 21.8. The van der Waals surface area contributed by atoms with Crippen LogP contribution in [0, 0.1) is 0 Å². The average Bonchev–Trinajstić information content (AvgIpc) is 1.45. The molecule has 0 saturated carbocycles. The van der Waals surface area contributed by atoms with E-state index in [1.165, 1.54) is 44.5 Å². The lowest BCUT2D eigenvalue weighted by atomic mass is 9.65. The first-order valence-electron chi connectivity index (χ1n) is 33.1. The van der Waals surface area contributed by atoms with Crippen LogP contribution < -0.4 is 9.47 Å². The van der Waals surface area contributed by atoms with E-state index in [1.54, 1.807) is 0 Å². The molecule has 456 valence electrons. The lowest BCUT2D eigenvalue weighted by molar-refractivity contribution is 0.436. The summed E-state index contributed by atoms with van der Waals surface area (Å²) in [7, 11) is 0. The maximum absolute atomic E-state index is 7.32. The molecule has 98 heavy (non-hydrogen) atoms. The molecule has 2 aliphatic heterocycles. The highest BCUT2D eigenvalue weighted by Gasteiger charge is 2.53. The van der Waals surface area contributed by atoms with Crippen LogP contribution in [-0.4, -0.2) is 29.9 Å². The van der Waals surface area contributed by atoms with Gasteiger partial charge in [-0.15, -0.1) is 0 Å². The van der Waals surface area contributed by atoms with E-state index in [1.807, 2.05) is 36.4 Å². The molecule has 0 amide bonds. The van der Waals surface area contributed by atoms with Crippen LogP contribution in [0.1, 0.15) is 44.5 Å². The molecule has 0 radical (unpaired) electrons. The summed E-state index contributed by atoms with van der Waals surface area (Å²) in [4.78, 5) is 32.0. The molecule has 0 saturated heterocycles. The van der Waals surface area contributed by atoms with E-state index in [-0.39, 0.29) is 0 Å². The van der Waals surface area contributed by atoms with Crippen LogP contribution in [-0.2, 0) is 10.8 Å². The quantitative estimate of drug-likeness (QED) is 0.148. The molecule has 0 N–H and O–H groups in total. The van der Waals surface area contributed by atoms with Gasteiger partial charge in [0, 0.05) is 55.6 Å². The van der Waals surface area contributed by atoms with Crippen molar-refractivity contribution in [2.75, 3.05) is 0 Å². The van der Waals surface area contributed by atoms with Crippen LogP contribution in [0.4, 0.5) is 0 Å². The van der Waals surface area contributed by atoms with E-state index in [0.29, 0.717) is 34.9 Å². The van der Waals surface area contributed by atoms with Crippen molar-refractivity contribution in [3.63, 3.8) is 0 Å². The first-order valence-corrected chi connectivity index (χ1v) is 33.1. The fourth-order valence-corrected chi connectivity index (χ4v) is 16.0. The molecule has 4 heterocycles. The summed E-state index contributed by atoms with van der Waals surface area (Å²) in [5.41, 5.74) is 21.5. The van der Waals surface area contributed by atoms with E-state index in [2.05, 4.69) is 291 Å². The minimum atomic E-state index is -0.782. The Morgan fingerprint density at radius 3 is 1.06 bits per heavy atom.